The number of nitrogens with one attached hydrogen (secondary N) is 2. The molecule has 33 heavy (non-hydrogen) atoms. The number of amides is 2. The van der Waals surface area contributed by atoms with Crippen molar-refractivity contribution in [2.75, 3.05) is 30.9 Å². The molecule has 0 radical (unpaired) electrons. The molecule has 0 spiro atoms. The molecule has 3 aromatic rings. The van der Waals surface area contributed by atoms with E-state index in [-0.39, 0.29) is 11.8 Å². The van der Waals surface area contributed by atoms with Crippen LogP contribution >= 0.6 is 0 Å². The number of hydrogen-bond acceptors (Lipinski definition) is 4. The molecule has 0 saturated heterocycles. The average Bonchev–Trinajstić information content (AvgIpc) is 2.83. The highest BCUT2D eigenvalue weighted by Crippen LogP contribution is 2.24. The summed E-state index contributed by atoms with van der Waals surface area (Å²) in [5.41, 5.74) is 3.35. The van der Waals surface area contributed by atoms with Crippen LogP contribution in [0.15, 0.2) is 72.8 Å². The fraction of sp³-hybridized carbons (Fsp3) is 0.259. The Labute approximate surface area is 195 Å². The van der Waals surface area contributed by atoms with Crippen molar-refractivity contribution >= 4 is 23.2 Å². The Bertz CT molecular complexity index is 1060. The highest BCUT2D eigenvalue weighted by Gasteiger charge is 2.15. The van der Waals surface area contributed by atoms with Gasteiger partial charge in [0.15, 0.2) is 0 Å². The topological polar surface area (TPSA) is 70.7 Å². The third kappa shape index (κ3) is 6.84. The largest absolute Gasteiger partial charge is 0.494 e. The third-order valence-electron chi connectivity index (χ3n) is 5.16. The standard InChI is InChI=1S/C27H31N3O3/c1-4-5-17-33-23-14-11-21(12-15-23)26(31)29-22-13-16-25(30(2)3)24(18-22)27(32)28-19-20-9-7-6-8-10-20/h6-16,18H,4-5,17,19H2,1-3H3,(H,28,32)(H,29,31). The molecule has 0 saturated carbocycles. The molecule has 0 aliphatic carbocycles. The lowest BCUT2D eigenvalue weighted by atomic mass is 10.1. The summed E-state index contributed by atoms with van der Waals surface area (Å²) in [4.78, 5) is 27.5. The Hall–Kier alpha value is -3.80. The predicted molar refractivity (Wildman–Crippen MR) is 133 cm³/mol. The van der Waals surface area contributed by atoms with Gasteiger partial charge in [0, 0.05) is 37.6 Å². The molecular formula is C27H31N3O3. The van der Waals surface area contributed by atoms with Crippen LogP contribution in [0, 0.1) is 0 Å². The zero-order chi connectivity index (χ0) is 23.6. The Morgan fingerprint density at radius 1 is 0.909 bits per heavy atom. The quantitative estimate of drug-likeness (QED) is 0.425. The molecule has 0 atom stereocenters. The average molecular weight is 446 g/mol. The van der Waals surface area contributed by atoms with E-state index in [4.69, 9.17) is 4.74 Å². The van der Waals surface area contributed by atoms with Crippen molar-refractivity contribution in [1.29, 1.82) is 0 Å². The maximum Gasteiger partial charge on any atom is 0.255 e. The fourth-order valence-corrected chi connectivity index (χ4v) is 3.30. The third-order valence-corrected chi connectivity index (χ3v) is 5.16. The van der Waals surface area contributed by atoms with Gasteiger partial charge in [-0.2, -0.15) is 0 Å². The van der Waals surface area contributed by atoms with Crippen LogP contribution in [-0.2, 0) is 6.54 Å². The van der Waals surface area contributed by atoms with Gasteiger partial charge in [-0.15, -0.1) is 0 Å². The second kappa shape index (κ2) is 11.7. The van der Waals surface area contributed by atoms with Gasteiger partial charge in [0.05, 0.1) is 12.2 Å². The SMILES string of the molecule is CCCCOc1ccc(C(=O)Nc2ccc(N(C)C)c(C(=O)NCc3ccccc3)c2)cc1. The zero-order valence-electron chi connectivity index (χ0n) is 19.4. The first-order chi connectivity index (χ1) is 16.0. The van der Waals surface area contributed by atoms with Crippen LogP contribution in [0.4, 0.5) is 11.4 Å². The number of carbonyl (C=O) groups is 2. The molecule has 0 aliphatic rings. The number of unbranched alkanes of at least 4 members (excludes halogenated alkanes) is 1. The summed E-state index contributed by atoms with van der Waals surface area (Å²) in [6, 6.07) is 22.1. The molecule has 6 heteroatoms. The second-order valence-electron chi connectivity index (χ2n) is 7.98. The molecule has 2 N–H and O–H groups in total. The summed E-state index contributed by atoms with van der Waals surface area (Å²) in [7, 11) is 3.76. The van der Waals surface area contributed by atoms with Gasteiger partial charge in [0.2, 0.25) is 0 Å². The number of anilines is 2. The number of rotatable bonds is 10. The molecule has 0 heterocycles. The molecule has 0 aliphatic heterocycles. The lowest BCUT2D eigenvalue weighted by Gasteiger charge is -2.18. The fourth-order valence-electron chi connectivity index (χ4n) is 3.30. The van der Waals surface area contributed by atoms with E-state index in [1.807, 2.05) is 55.4 Å². The van der Waals surface area contributed by atoms with Crippen molar-refractivity contribution in [3.05, 3.63) is 89.5 Å². The highest BCUT2D eigenvalue weighted by molar-refractivity contribution is 6.06. The molecule has 3 aromatic carbocycles. The molecule has 172 valence electrons. The summed E-state index contributed by atoms with van der Waals surface area (Å²) in [5, 5.41) is 5.84. The van der Waals surface area contributed by atoms with Crippen molar-refractivity contribution in [1.82, 2.24) is 5.32 Å². The first-order valence-corrected chi connectivity index (χ1v) is 11.2. The number of ether oxygens (including phenoxy) is 1. The van der Waals surface area contributed by atoms with Gasteiger partial charge in [-0.05, 0) is 54.4 Å². The van der Waals surface area contributed by atoms with Crippen LogP contribution in [0.3, 0.4) is 0 Å². The van der Waals surface area contributed by atoms with E-state index >= 15 is 0 Å². The highest BCUT2D eigenvalue weighted by atomic mass is 16.5. The predicted octanol–water partition coefficient (Wildman–Crippen LogP) is 5.11. The van der Waals surface area contributed by atoms with Crippen LogP contribution in [0.5, 0.6) is 5.75 Å². The Morgan fingerprint density at radius 2 is 1.64 bits per heavy atom. The van der Waals surface area contributed by atoms with E-state index in [9.17, 15) is 9.59 Å². The smallest absolute Gasteiger partial charge is 0.255 e. The van der Waals surface area contributed by atoms with Gasteiger partial charge in [0.1, 0.15) is 5.75 Å². The minimum Gasteiger partial charge on any atom is -0.494 e. The van der Waals surface area contributed by atoms with Crippen molar-refractivity contribution in [3.63, 3.8) is 0 Å². The molecule has 0 aromatic heterocycles. The molecule has 0 unspecified atom stereocenters. The van der Waals surface area contributed by atoms with Crippen molar-refractivity contribution in [2.24, 2.45) is 0 Å². The second-order valence-corrected chi connectivity index (χ2v) is 7.98. The number of hydrogen-bond donors (Lipinski definition) is 2. The Kier molecular flexibility index (Phi) is 8.47. The van der Waals surface area contributed by atoms with Crippen LogP contribution in [0.1, 0.15) is 46.0 Å². The first kappa shape index (κ1) is 23.9. The van der Waals surface area contributed by atoms with E-state index in [0.29, 0.717) is 30.0 Å². The van der Waals surface area contributed by atoms with Crippen molar-refractivity contribution in [2.45, 2.75) is 26.3 Å². The Balaban J connectivity index is 1.70. The van der Waals surface area contributed by atoms with Crippen LogP contribution in [0.2, 0.25) is 0 Å². The summed E-state index contributed by atoms with van der Waals surface area (Å²) in [6.07, 6.45) is 2.06. The summed E-state index contributed by atoms with van der Waals surface area (Å²) >= 11 is 0. The molecule has 6 nitrogen and oxygen atoms in total. The molecular weight excluding hydrogens is 414 g/mol. The maximum absolute atomic E-state index is 12.9. The van der Waals surface area contributed by atoms with Crippen molar-refractivity contribution < 1.29 is 14.3 Å². The lowest BCUT2D eigenvalue weighted by Crippen LogP contribution is -2.25. The van der Waals surface area contributed by atoms with Crippen LogP contribution < -0.4 is 20.3 Å². The van der Waals surface area contributed by atoms with Gasteiger partial charge >= 0.3 is 0 Å². The number of benzene rings is 3. The number of carbonyl (C=O) groups excluding carboxylic acids is 2. The van der Waals surface area contributed by atoms with E-state index in [2.05, 4.69) is 17.6 Å². The van der Waals surface area contributed by atoms with Crippen LogP contribution in [-0.4, -0.2) is 32.5 Å². The van der Waals surface area contributed by atoms with Crippen LogP contribution in [0.25, 0.3) is 0 Å². The monoisotopic (exact) mass is 445 g/mol. The molecule has 2 amide bonds. The molecule has 0 fully saturated rings. The van der Waals surface area contributed by atoms with Gasteiger partial charge in [-0.25, -0.2) is 0 Å². The minimum atomic E-state index is -0.247. The first-order valence-electron chi connectivity index (χ1n) is 11.2. The minimum absolute atomic E-state index is 0.202. The van der Waals surface area contributed by atoms with Gasteiger partial charge in [0.25, 0.3) is 11.8 Å². The molecule has 0 bridgehead atoms. The maximum atomic E-state index is 12.9. The summed E-state index contributed by atoms with van der Waals surface area (Å²) in [5.74, 6) is 0.295. The van der Waals surface area contributed by atoms with Gasteiger partial charge < -0.3 is 20.3 Å². The summed E-state index contributed by atoms with van der Waals surface area (Å²) < 4.78 is 5.65. The van der Waals surface area contributed by atoms with Gasteiger partial charge in [-0.3, -0.25) is 9.59 Å². The lowest BCUT2D eigenvalue weighted by molar-refractivity contribution is 0.0950. The zero-order valence-corrected chi connectivity index (χ0v) is 19.4. The number of nitrogens with zero attached hydrogens (tertiary/aromatic N) is 1. The molecule has 3 rings (SSSR count). The Morgan fingerprint density at radius 3 is 2.30 bits per heavy atom. The summed E-state index contributed by atoms with van der Waals surface area (Å²) in [6.45, 7) is 3.20. The van der Waals surface area contributed by atoms with E-state index in [0.717, 1.165) is 29.8 Å². The van der Waals surface area contributed by atoms with Crippen molar-refractivity contribution in [3.8, 4) is 5.75 Å². The van der Waals surface area contributed by atoms with E-state index < -0.39 is 0 Å². The normalized spacial score (nSPS) is 10.4. The van der Waals surface area contributed by atoms with Gasteiger partial charge in [-0.1, -0.05) is 43.7 Å². The van der Waals surface area contributed by atoms with E-state index in [1.54, 1.807) is 36.4 Å². The van der Waals surface area contributed by atoms with E-state index in [1.165, 1.54) is 0 Å².